The molecule has 138 valence electrons. The minimum absolute atomic E-state index is 0.186. The molecular weight excluding hydrogens is 379 g/mol. The summed E-state index contributed by atoms with van der Waals surface area (Å²) in [4.78, 5) is 2.55. The maximum atomic E-state index is 9.81. The number of hydrogen-bond donors (Lipinski definition) is 1. The third-order valence-electron chi connectivity index (χ3n) is 5.68. The van der Waals surface area contributed by atoms with Crippen LogP contribution in [-0.2, 0) is 6.54 Å². The number of halogens is 2. The fraction of sp³-hybridized carbons (Fsp3) is 0.273. The van der Waals surface area contributed by atoms with Crippen LogP contribution in [-0.4, -0.2) is 27.2 Å². The van der Waals surface area contributed by atoms with Gasteiger partial charge in [0.05, 0.1) is 6.20 Å². The van der Waals surface area contributed by atoms with Gasteiger partial charge in [-0.2, -0.15) is 0 Å². The van der Waals surface area contributed by atoms with E-state index >= 15 is 0 Å². The summed E-state index contributed by atoms with van der Waals surface area (Å²) in [6, 6.07) is 14.7. The van der Waals surface area contributed by atoms with Gasteiger partial charge in [-0.1, -0.05) is 41.4 Å². The Hall–Kier alpha value is -1.94. The largest absolute Gasteiger partial charge is 0.506 e. The molecule has 27 heavy (non-hydrogen) atoms. The van der Waals surface area contributed by atoms with Gasteiger partial charge in [-0.3, -0.25) is 4.90 Å². The smallest absolute Gasteiger partial charge is 0.133 e. The molecule has 1 N–H and O–H groups in total. The second-order valence-corrected chi connectivity index (χ2v) is 8.35. The van der Waals surface area contributed by atoms with Crippen molar-refractivity contribution in [1.29, 1.82) is 0 Å². The maximum Gasteiger partial charge on any atom is 0.133 e. The molecule has 3 nitrogen and oxygen atoms in total. The Kier molecular flexibility index (Phi) is 4.19. The highest BCUT2D eigenvalue weighted by Gasteiger charge is 2.37. The van der Waals surface area contributed by atoms with Crippen molar-refractivity contribution < 1.29 is 5.11 Å². The Morgan fingerprint density at radius 3 is 2.56 bits per heavy atom. The number of benzene rings is 2. The van der Waals surface area contributed by atoms with Crippen LogP contribution in [0.1, 0.15) is 35.4 Å². The number of rotatable bonds is 3. The number of hydrogen-bond acceptors (Lipinski definition) is 2. The Balaban J connectivity index is 1.67. The highest BCUT2D eigenvalue weighted by atomic mass is 35.5. The molecule has 1 aromatic heterocycles. The van der Waals surface area contributed by atoms with Crippen LogP contribution in [0.5, 0.6) is 5.75 Å². The SMILES string of the molecule is Oc1ccn(-c2ccccc2[C@@H]2CN(C3CC3)Cc3c(Cl)cc(Cl)cc32)c1. The lowest BCUT2D eigenvalue weighted by Gasteiger charge is -2.36. The molecule has 0 radical (unpaired) electrons. The molecule has 5 heteroatoms. The average molecular weight is 399 g/mol. The van der Waals surface area contributed by atoms with Crippen molar-refractivity contribution in [2.75, 3.05) is 6.54 Å². The van der Waals surface area contributed by atoms with Gasteiger partial charge in [0.2, 0.25) is 0 Å². The van der Waals surface area contributed by atoms with Crippen molar-refractivity contribution in [1.82, 2.24) is 9.47 Å². The van der Waals surface area contributed by atoms with Crippen LogP contribution in [0.2, 0.25) is 10.0 Å². The highest BCUT2D eigenvalue weighted by molar-refractivity contribution is 6.35. The van der Waals surface area contributed by atoms with Crippen LogP contribution >= 0.6 is 23.2 Å². The molecule has 5 rings (SSSR count). The van der Waals surface area contributed by atoms with E-state index in [4.69, 9.17) is 23.2 Å². The van der Waals surface area contributed by atoms with Gasteiger partial charge in [-0.05, 0) is 53.8 Å². The van der Waals surface area contributed by atoms with Gasteiger partial charge in [0, 0.05) is 47.0 Å². The van der Waals surface area contributed by atoms with Gasteiger partial charge in [0.1, 0.15) is 5.75 Å². The molecule has 2 aliphatic rings. The minimum atomic E-state index is 0.186. The monoisotopic (exact) mass is 398 g/mol. The van der Waals surface area contributed by atoms with Gasteiger partial charge in [-0.25, -0.2) is 0 Å². The van der Waals surface area contributed by atoms with Gasteiger partial charge >= 0.3 is 0 Å². The van der Waals surface area contributed by atoms with Crippen LogP contribution in [0, 0.1) is 0 Å². The number of fused-ring (bicyclic) bond motifs is 1. The molecule has 1 atom stereocenters. The lowest BCUT2D eigenvalue weighted by atomic mass is 9.83. The summed E-state index contributed by atoms with van der Waals surface area (Å²) in [5, 5.41) is 11.2. The van der Waals surface area contributed by atoms with E-state index in [0.29, 0.717) is 11.1 Å². The molecule has 1 saturated carbocycles. The second-order valence-electron chi connectivity index (χ2n) is 7.50. The second kappa shape index (κ2) is 6.59. The summed E-state index contributed by atoms with van der Waals surface area (Å²) in [7, 11) is 0. The summed E-state index contributed by atoms with van der Waals surface area (Å²) in [6.45, 7) is 1.84. The fourth-order valence-electron chi connectivity index (χ4n) is 4.24. The molecule has 2 heterocycles. The standard InChI is InChI=1S/C22H20Cl2N2O/c23-14-9-18-19(12-26(15-5-6-15)13-20(18)21(24)10-14)17-3-1-2-4-22(17)25-8-7-16(27)11-25/h1-4,7-11,15,19,27H,5-6,12-13H2/t19-/m0/s1. The summed E-state index contributed by atoms with van der Waals surface area (Å²) in [5.74, 6) is 0.450. The summed E-state index contributed by atoms with van der Waals surface area (Å²) < 4.78 is 1.98. The first kappa shape index (κ1) is 17.2. The van der Waals surface area contributed by atoms with Crippen LogP contribution < -0.4 is 0 Å². The lowest BCUT2D eigenvalue weighted by molar-refractivity contribution is 0.230. The van der Waals surface area contributed by atoms with E-state index in [1.165, 1.54) is 29.5 Å². The van der Waals surface area contributed by atoms with Crippen LogP contribution in [0.15, 0.2) is 54.9 Å². The molecule has 0 bridgehead atoms. The Labute approximate surface area is 168 Å². The molecule has 2 aromatic carbocycles. The highest BCUT2D eigenvalue weighted by Crippen LogP contribution is 2.43. The first-order chi connectivity index (χ1) is 13.1. The number of aromatic nitrogens is 1. The van der Waals surface area contributed by atoms with E-state index < -0.39 is 0 Å². The predicted molar refractivity (Wildman–Crippen MR) is 109 cm³/mol. The van der Waals surface area contributed by atoms with Gasteiger partial charge in [0.25, 0.3) is 0 Å². The van der Waals surface area contributed by atoms with Gasteiger partial charge in [0.15, 0.2) is 0 Å². The zero-order valence-electron chi connectivity index (χ0n) is 14.8. The summed E-state index contributed by atoms with van der Waals surface area (Å²) >= 11 is 13.0. The molecule has 1 aliphatic carbocycles. The molecule has 1 aliphatic heterocycles. The number of aromatic hydroxyl groups is 1. The van der Waals surface area contributed by atoms with Crippen molar-refractivity contribution in [2.45, 2.75) is 31.3 Å². The van der Waals surface area contributed by atoms with Crippen molar-refractivity contribution in [2.24, 2.45) is 0 Å². The molecule has 3 aromatic rings. The molecule has 0 spiro atoms. The van der Waals surface area contributed by atoms with E-state index in [1.807, 2.05) is 22.9 Å². The average Bonchev–Trinajstić information content (AvgIpc) is 3.42. The third kappa shape index (κ3) is 3.14. The third-order valence-corrected chi connectivity index (χ3v) is 6.23. The lowest BCUT2D eigenvalue weighted by Crippen LogP contribution is -2.36. The van der Waals surface area contributed by atoms with Crippen LogP contribution in [0.4, 0.5) is 0 Å². The van der Waals surface area contributed by atoms with E-state index in [2.05, 4.69) is 29.2 Å². The van der Waals surface area contributed by atoms with E-state index in [9.17, 15) is 5.11 Å². The molecular formula is C22H20Cl2N2O. The number of para-hydroxylation sites is 1. The fourth-order valence-corrected chi connectivity index (χ4v) is 4.81. The van der Waals surface area contributed by atoms with Crippen LogP contribution in [0.25, 0.3) is 5.69 Å². The topological polar surface area (TPSA) is 28.4 Å². The van der Waals surface area contributed by atoms with Gasteiger partial charge < -0.3 is 9.67 Å². The predicted octanol–water partition coefficient (Wildman–Crippen LogP) is 5.60. The molecule has 0 saturated heterocycles. The van der Waals surface area contributed by atoms with Crippen LogP contribution in [0.3, 0.4) is 0 Å². The van der Waals surface area contributed by atoms with Crippen molar-refractivity contribution in [3.63, 3.8) is 0 Å². The summed E-state index contributed by atoms with van der Waals surface area (Å²) in [5.41, 5.74) is 4.70. The Bertz CT molecular complexity index is 1010. The Morgan fingerprint density at radius 2 is 1.81 bits per heavy atom. The molecule has 0 unspecified atom stereocenters. The van der Waals surface area contributed by atoms with Crippen molar-refractivity contribution in [3.8, 4) is 11.4 Å². The summed E-state index contributed by atoms with van der Waals surface area (Å²) in [6.07, 6.45) is 6.16. The first-order valence-electron chi connectivity index (χ1n) is 9.28. The quantitative estimate of drug-likeness (QED) is 0.621. The van der Waals surface area contributed by atoms with E-state index in [-0.39, 0.29) is 11.7 Å². The Morgan fingerprint density at radius 1 is 1.00 bits per heavy atom. The minimum Gasteiger partial charge on any atom is -0.506 e. The molecule has 0 amide bonds. The van der Waals surface area contributed by atoms with E-state index in [0.717, 1.165) is 23.8 Å². The van der Waals surface area contributed by atoms with Crippen molar-refractivity contribution in [3.05, 3.63) is 81.6 Å². The normalized spacial score (nSPS) is 19.9. The van der Waals surface area contributed by atoms with E-state index in [1.54, 1.807) is 12.3 Å². The zero-order chi connectivity index (χ0) is 18.5. The van der Waals surface area contributed by atoms with Gasteiger partial charge in [-0.15, -0.1) is 0 Å². The zero-order valence-corrected chi connectivity index (χ0v) is 16.3. The first-order valence-corrected chi connectivity index (χ1v) is 10.0. The van der Waals surface area contributed by atoms with Crippen molar-refractivity contribution >= 4 is 23.2 Å². The molecule has 1 fully saturated rings. The number of nitrogens with zero attached hydrogens (tertiary/aromatic N) is 2. The maximum absolute atomic E-state index is 9.81.